The van der Waals surface area contributed by atoms with Gasteiger partial charge in [-0.1, -0.05) is 35.9 Å². The molecule has 3 heterocycles. The summed E-state index contributed by atoms with van der Waals surface area (Å²) in [4.78, 5) is 19.8. The normalized spacial score (nSPS) is 14.6. The smallest absolute Gasteiger partial charge is 0.379 e. The second-order valence-corrected chi connectivity index (χ2v) is 9.88. The Balaban J connectivity index is 1.41. The largest absolute Gasteiger partial charge is 0.416 e. The zero-order chi connectivity index (χ0) is 27.4. The van der Waals surface area contributed by atoms with Gasteiger partial charge in [-0.25, -0.2) is 4.98 Å². The number of amides is 1. The topological polar surface area (TPSA) is 58.9 Å². The Labute approximate surface area is 229 Å². The molecule has 1 N–H and O–H groups in total. The zero-order valence-corrected chi connectivity index (χ0v) is 21.9. The fourth-order valence-electron chi connectivity index (χ4n) is 4.72. The van der Waals surface area contributed by atoms with Crippen LogP contribution in [0, 0.1) is 0 Å². The minimum absolute atomic E-state index is 0.0747. The molecule has 10 heteroatoms. The van der Waals surface area contributed by atoms with Crippen molar-refractivity contribution in [2.45, 2.75) is 19.0 Å². The molecule has 1 amide bonds. The molecule has 1 saturated heterocycles. The van der Waals surface area contributed by atoms with Gasteiger partial charge in [0.05, 0.1) is 30.2 Å². The highest BCUT2D eigenvalue weighted by Crippen LogP contribution is 2.33. The SMILES string of the molecule is O=C(CCc1c(-c2ccc(Cl)cc2)nc2ccc(-c3cccc(C(F)(F)F)c3)cn12)NCCN1CCOCC1. The van der Waals surface area contributed by atoms with Crippen LogP contribution in [0.5, 0.6) is 0 Å². The summed E-state index contributed by atoms with van der Waals surface area (Å²) in [6.07, 6.45) is -2.01. The summed E-state index contributed by atoms with van der Waals surface area (Å²) in [5.74, 6) is -0.0747. The van der Waals surface area contributed by atoms with Crippen molar-refractivity contribution in [1.29, 1.82) is 0 Å². The molecule has 0 spiro atoms. The van der Waals surface area contributed by atoms with Crippen molar-refractivity contribution in [3.63, 3.8) is 0 Å². The number of ether oxygens (including phenoxy) is 1. The van der Waals surface area contributed by atoms with Crippen molar-refractivity contribution in [1.82, 2.24) is 19.6 Å². The Kier molecular flexibility index (Phi) is 8.20. The van der Waals surface area contributed by atoms with Crippen molar-refractivity contribution >= 4 is 23.2 Å². The van der Waals surface area contributed by atoms with Gasteiger partial charge in [-0.3, -0.25) is 9.69 Å². The van der Waals surface area contributed by atoms with Crippen molar-refractivity contribution in [3.8, 4) is 22.4 Å². The number of aryl methyl sites for hydroxylation is 1. The highest BCUT2D eigenvalue weighted by atomic mass is 35.5. The summed E-state index contributed by atoms with van der Waals surface area (Å²) < 4.78 is 47.2. The molecule has 39 heavy (non-hydrogen) atoms. The number of morpholine rings is 1. The molecule has 204 valence electrons. The number of aromatic nitrogens is 2. The number of nitrogens with zero attached hydrogens (tertiary/aromatic N) is 3. The van der Waals surface area contributed by atoms with Crippen LogP contribution in [0.4, 0.5) is 13.2 Å². The summed E-state index contributed by atoms with van der Waals surface area (Å²) >= 11 is 6.09. The maximum absolute atomic E-state index is 13.3. The second-order valence-electron chi connectivity index (χ2n) is 9.44. The third-order valence-corrected chi connectivity index (χ3v) is 7.05. The Bertz CT molecular complexity index is 1450. The average molecular weight is 557 g/mol. The third-order valence-electron chi connectivity index (χ3n) is 6.80. The summed E-state index contributed by atoms with van der Waals surface area (Å²) in [6.45, 7) is 4.44. The Hall–Kier alpha value is -3.40. The number of hydrogen-bond acceptors (Lipinski definition) is 4. The van der Waals surface area contributed by atoms with Gasteiger partial charge in [-0.2, -0.15) is 13.2 Å². The number of rotatable bonds is 8. The summed E-state index contributed by atoms with van der Waals surface area (Å²) in [5.41, 5.74) is 3.33. The molecular weight excluding hydrogens is 529 g/mol. The number of alkyl halides is 3. The maximum Gasteiger partial charge on any atom is 0.416 e. The van der Waals surface area contributed by atoms with Gasteiger partial charge in [-0.05, 0) is 53.9 Å². The molecule has 0 unspecified atom stereocenters. The van der Waals surface area contributed by atoms with Gasteiger partial charge in [0.1, 0.15) is 5.65 Å². The lowest BCUT2D eigenvalue weighted by Crippen LogP contribution is -2.41. The lowest BCUT2D eigenvalue weighted by atomic mass is 10.0. The van der Waals surface area contributed by atoms with E-state index in [1.807, 2.05) is 16.5 Å². The number of halogens is 4. The van der Waals surface area contributed by atoms with E-state index >= 15 is 0 Å². The van der Waals surface area contributed by atoms with E-state index < -0.39 is 11.7 Å². The highest BCUT2D eigenvalue weighted by molar-refractivity contribution is 6.30. The van der Waals surface area contributed by atoms with E-state index in [2.05, 4.69) is 10.2 Å². The molecule has 0 bridgehead atoms. The van der Waals surface area contributed by atoms with Gasteiger partial charge in [0.2, 0.25) is 5.91 Å². The van der Waals surface area contributed by atoms with Crippen LogP contribution in [0.1, 0.15) is 17.7 Å². The predicted molar refractivity (Wildman–Crippen MR) is 145 cm³/mol. The fourth-order valence-corrected chi connectivity index (χ4v) is 4.84. The number of imidazole rings is 1. The van der Waals surface area contributed by atoms with Crippen molar-refractivity contribution in [2.24, 2.45) is 0 Å². The number of fused-ring (bicyclic) bond motifs is 1. The number of pyridine rings is 1. The molecule has 0 aliphatic carbocycles. The second kappa shape index (κ2) is 11.8. The number of carbonyl (C=O) groups excluding carboxylic acids is 1. The van der Waals surface area contributed by atoms with Gasteiger partial charge >= 0.3 is 6.18 Å². The molecule has 1 fully saturated rings. The van der Waals surface area contributed by atoms with E-state index in [1.165, 1.54) is 6.07 Å². The molecule has 6 nitrogen and oxygen atoms in total. The van der Waals surface area contributed by atoms with E-state index in [4.69, 9.17) is 21.3 Å². The van der Waals surface area contributed by atoms with Crippen molar-refractivity contribution in [3.05, 3.63) is 83.1 Å². The fraction of sp³-hybridized carbons (Fsp3) is 0.310. The molecule has 2 aromatic carbocycles. The number of benzene rings is 2. The molecular formula is C29H28ClF3N4O2. The number of nitrogens with one attached hydrogen (secondary N) is 1. The molecule has 5 rings (SSSR count). The molecule has 0 atom stereocenters. The van der Waals surface area contributed by atoms with Crippen LogP contribution in [-0.2, 0) is 22.1 Å². The Morgan fingerprint density at radius 3 is 2.49 bits per heavy atom. The van der Waals surface area contributed by atoms with E-state index in [9.17, 15) is 18.0 Å². The molecule has 0 saturated carbocycles. The minimum Gasteiger partial charge on any atom is -0.379 e. The van der Waals surface area contributed by atoms with Crippen LogP contribution in [-0.4, -0.2) is 59.6 Å². The quantitative estimate of drug-likeness (QED) is 0.301. The summed E-state index contributed by atoms with van der Waals surface area (Å²) in [7, 11) is 0. The van der Waals surface area contributed by atoms with Crippen LogP contribution in [0.3, 0.4) is 0 Å². The molecule has 0 radical (unpaired) electrons. The van der Waals surface area contributed by atoms with E-state index in [0.717, 1.165) is 43.0 Å². The first kappa shape index (κ1) is 27.2. The van der Waals surface area contributed by atoms with Crippen LogP contribution >= 0.6 is 11.6 Å². The highest BCUT2D eigenvalue weighted by Gasteiger charge is 2.30. The molecule has 1 aliphatic rings. The lowest BCUT2D eigenvalue weighted by molar-refractivity contribution is -0.137. The van der Waals surface area contributed by atoms with Gasteiger partial charge in [-0.15, -0.1) is 0 Å². The Morgan fingerprint density at radius 1 is 1.00 bits per heavy atom. The van der Waals surface area contributed by atoms with Crippen LogP contribution in [0.15, 0.2) is 66.9 Å². The van der Waals surface area contributed by atoms with Crippen LogP contribution < -0.4 is 5.32 Å². The van der Waals surface area contributed by atoms with E-state index in [1.54, 1.807) is 36.5 Å². The number of hydrogen-bond donors (Lipinski definition) is 1. The van der Waals surface area contributed by atoms with E-state index in [-0.39, 0.29) is 12.3 Å². The first-order chi connectivity index (χ1) is 18.8. The van der Waals surface area contributed by atoms with Gasteiger partial charge < -0.3 is 14.5 Å². The van der Waals surface area contributed by atoms with Gasteiger partial charge in [0.25, 0.3) is 0 Å². The monoisotopic (exact) mass is 556 g/mol. The minimum atomic E-state index is -4.43. The van der Waals surface area contributed by atoms with Crippen LogP contribution in [0.25, 0.3) is 28.0 Å². The summed E-state index contributed by atoms with van der Waals surface area (Å²) in [5, 5.41) is 3.58. The molecule has 4 aromatic rings. The predicted octanol–water partition coefficient (Wildman–Crippen LogP) is 5.72. The van der Waals surface area contributed by atoms with Crippen molar-refractivity contribution < 1.29 is 22.7 Å². The maximum atomic E-state index is 13.3. The zero-order valence-electron chi connectivity index (χ0n) is 21.2. The first-order valence-corrected chi connectivity index (χ1v) is 13.2. The van der Waals surface area contributed by atoms with Gasteiger partial charge in [0.15, 0.2) is 0 Å². The Morgan fingerprint density at radius 2 is 1.74 bits per heavy atom. The van der Waals surface area contributed by atoms with Crippen molar-refractivity contribution in [2.75, 3.05) is 39.4 Å². The van der Waals surface area contributed by atoms with E-state index in [0.29, 0.717) is 53.7 Å². The first-order valence-electron chi connectivity index (χ1n) is 12.8. The lowest BCUT2D eigenvalue weighted by Gasteiger charge is -2.26. The molecule has 2 aromatic heterocycles. The molecule has 1 aliphatic heterocycles. The standard InChI is InChI=1S/C29H28ClF3N4O2/c30-24-7-4-20(5-8-24)28-25(9-11-27(38)34-12-13-36-14-16-39-17-15-36)37-19-22(6-10-26(37)35-28)21-2-1-3-23(18-21)29(31,32)33/h1-8,10,18-19H,9,11-17H2,(H,34,38). The van der Waals surface area contributed by atoms with Gasteiger partial charge in [0, 0.05) is 49.4 Å². The third kappa shape index (κ3) is 6.61. The van der Waals surface area contributed by atoms with Crippen LogP contribution in [0.2, 0.25) is 5.02 Å². The summed E-state index contributed by atoms with van der Waals surface area (Å²) in [6, 6.07) is 16.1. The average Bonchev–Trinajstić information content (AvgIpc) is 3.30. The number of carbonyl (C=O) groups is 1.